The van der Waals surface area contributed by atoms with Crippen molar-refractivity contribution in [3.63, 3.8) is 0 Å². The zero-order chi connectivity index (χ0) is 29.4. The molecule has 0 saturated heterocycles. The first-order valence-corrected chi connectivity index (χ1v) is 14.6. The van der Waals surface area contributed by atoms with Gasteiger partial charge in [-0.25, -0.2) is 0 Å². The summed E-state index contributed by atoms with van der Waals surface area (Å²) in [7, 11) is 0. The summed E-state index contributed by atoms with van der Waals surface area (Å²) in [5, 5.41) is 20.1. The lowest BCUT2D eigenvalue weighted by molar-refractivity contribution is -0.154. The van der Waals surface area contributed by atoms with E-state index in [-0.39, 0.29) is 36.9 Å². The van der Waals surface area contributed by atoms with Gasteiger partial charge in [0, 0.05) is 19.1 Å². The van der Waals surface area contributed by atoms with Gasteiger partial charge in [0.15, 0.2) is 11.6 Å². The first kappa shape index (κ1) is 33.7. The fourth-order valence-electron chi connectivity index (χ4n) is 5.53. The van der Waals surface area contributed by atoms with E-state index in [1.54, 1.807) is 26.0 Å². The van der Waals surface area contributed by atoms with Crippen LogP contribution in [0.1, 0.15) is 60.3 Å². The number of fused-ring (bicyclic) bond motifs is 1. The SMILES string of the molecule is CC[C@H]1[C@@H]2C(=O)C(Cl)(Cl)C(=O)[C@H](C)C(=O)O[C@@H](C)/C=C/C=C\[C@@H](C)[C@@H]2C=C[C@@H]1C[C@@](C)(O)COCCCCO. The number of alkyl halides is 2. The minimum Gasteiger partial charge on any atom is -0.458 e. The van der Waals surface area contributed by atoms with Crippen molar-refractivity contribution in [3.8, 4) is 0 Å². The summed E-state index contributed by atoms with van der Waals surface area (Å²) in [6.45, 7) is 9.31. The van der Waals surface area contributed by atoms with Crippen molar-refractivity contribution in [2.75, 3.05) is 19.8 Å². The van der Waals surface area contributed by atoms with Crippen molar-refractivity contribution < 1.29 is 34.1 Å². The number of hydrogen-bond acceptors (Lipinski definition) is 7. The van der Waals surface area contributed by atoms with E-state index in [1.165, 1.54) is 6.92 Å². The monoisotopic (exact) mass is 586 g/mol. The van der Waals surface area contributed by atoms with Crippen molar-refractivity contribution in [1.29, 1.82) is 0 Å². The number of carbonyl (C=O) groups is 3. The normalized spacial score (nSPS) is 34.9. The summed E-state index contributed by atoms with van der Waals surface area (Å²) < 4.78 is 8.55. The lowest BCUT2D eigenvalue weighted by Gasteiger charge is -2.43. The molecule has 2 N–H and O–H groups in total. The highest BCUT2D eigenvalue weighted by Crippen LogP contribution is 2.47. The maximum absolute atomic E-state index is 14.1. The van der Waals surface area contributed by atoms with Gasteiger partial charge < -0.3 is 19.7 Å². The van der Waals surface area contributed by atoms with E-state index in [0.29, 0.717) is 32.3 Å². The van der Waals surface area contributed by atoms with Crippen LogP contribution < -0.4 is 0 Å². The number of unbranched alkanes of at least 4 members (excludes halogenated alkanes) is 1. The highest BCUT2D eigenvalue weighted by atomic mass is 35.5. The first-order valence-electron chi connectivity index (χ1n) is 13.9. The second-order valence-corrected chi connectivity index (χ2v) is 12.5. The Kier molecular flexibility index (Phi) is 12.9. The van der Waals surface area contributed by atoms with Crippen LogP contribution in [-0.4, -0.2) is 63.6 Å². The number of cyclic esters (lactones) is 1. The number of esters is 1. The number of hydrogen-bond donors (Lipinski definition) is 2. The molecule has 39 heavy (non-hydrogen) atoms. The van der Waals surface area contributed by atoms with Crippen LogP contribution in [0, 0.1) is 35.5 Å². The number of Topliss-reactive ketones (excluding diaryl/α,β-unsaturated/α-hetero) is 2. The second-order valence-electron chi connectivity index (χ2n) is 11.2. The van der Waals surface area contributed by atoms with Crippen molar-refractivity contribution in [3.05, 3.63) is 36.5 Å². The number of ketones is 2. The molecule has 2 aliphatic rings. The average molecular weight is 588 g/mol. The Balaban J connectivity index is 2.44. The van der Waals surface area contributed by atoms with Crippen LogP contribution >= 0.6 is 23.2 Å². The Morgan fingerprint density at radius 1 is 1.03 bits per heavy atom. The van der Waals surface area contributed by atoms with Crippen LogP contribution in [-0.2, 0) is 23.9 Å². The van der Waals surface area contributed by atoms with Crippen molar-refractivity contribution in [2.45, 2.75) is 76.3 Å². The Bertz CT molecular complexity index is 940. The lowest BCUT2D eigenvalue weighted by Crippen LogP contribution is -2.51. The van der Waals surface area contributed by atoms with Gasteiger partial charge in [-0.2, -0.15) is 0 Å². The molecule has 1 aliphatic carbocycles. The number of aliphatic hydroxyl groups excluding tert-OH is 1. The van der Waals surface area contributed by atoms with E-state index < -0.39 is 45.4 Å². The van der Waals surface area contributed by atoms with Crippen LogP contribution in [0.2, 0.25) is 0 Å². The molecule has 0 aromatic carbocycles. The molecule has 0 spiro atoms. The van der Waals surface area contributed by atoms with Crippen LogP contribution in [0.15, 0.2) is 36.5 Å². The Hall–Kier alpha value is -1.51. The van der Waals surface area contributed by atoms with Gasteiger partial charge in [-0.05, 0) is 69.8 Å². The molecule has 0 unspecified atom stereocenters. The fraction of sp³-hybridized carbons (Fsp3) is 0.700. The van der Waals surface area contributed by atoms with Gasteiger partial charge in [0.05, 0.1) is 12.2 Å². The standard InChI is InChI=1S/C30H44Cl2O7/c1-6-23-22(17-29(5,37)18-38-16-10-9-15-33)13-14-24-19(2)11-7-8-12-20(3)39-28(36)21(4)26(34)30(31,32)27(35)25(23)24/h7-8,11-14,19-25,33,37H,6,9-10,15-18H2,1-5H3/b11-7-,12-8+/t19-,20+,21+,22-,23-,24+,25+,29-/m1/s1. The molecule has 9 heteroatoms. The number of carbonyl (C=O) groups excluding carboxylic acids is 3. The maximum atomic E-state index is 14.1. The van der Waals surface area contributed by atoms with Crippen LogP contribution in [0.3, 0.4) is 0 Å². The zero-order valence-corrected chi connectivity index (χ0v) is 25.2. The van der Waals surface area contributed by atoms with Crippen LogP contribution in [0.5, 0.6) is 0 Å². The molecule has 8 atom stereocenters. The molecule has 1 aliphatic heterocycles. The average Bonchev–Trinajstić information content (AvgIpc) is 2.88. The van der Waals surface area contributed by atoms with Gasteiger partial charge in [0.2, 0.25) is 4.33 Å². The van der Waals surface area contributed by atoms with Gasteiger partial charge in [-0.1, -0.05) is 73.9 Å². The molecule has 0 saturated carbocycles. The second kappa shape index (κ2) is 14.9. The van der Waals surface area contributed by atoms with Gasteiger partial charge in [0.1, 0.15) is 12.0 Å². The quantitative estimate of drug-likeness (QED) is 0.128. The van der Waals surface area contributed by atoms with Crippen molar-refractivity contribution in [1.82, 2.24) is 0 Å². The molecule has 0 radical (unpaired) electrons. The van der Waals surface area contributed by atoms with Crippen LogP contribution in [0.25, 0.3) is 0 Å². The van der Waals surface area contributed by atoms with E-state index in [0.717, 1.165) is 0 Å². The highest BCUT2D eigenvalue weighted by molar-refractivity contribution is 6.68. The van der Waals surface area contributed by atoms with Gasteiger partial charge in [-0.3, -0.25) is 14.4 Å². The summed E-state index contributed by atoms with van der Waals surface area (Å²) in [4.78, 5) is 40.0. The van der Waals surface area contributed by atoms with Gasteiger partial charge in [-0.15, -0.1) is 0 Å². The van der Waals surface area contributed by atoms with E-state index in [9.17, 15) is 19.5 Å². The number of allylic oxidation sites excluding steroid dienone is 5. The largest absolute Gasteiger partial charge is 0.458 e. The van der Waals surface area contributed by atoms with Crippen molar-refractivity contribution in [2.24, 2.45) is 35.5 Å². The summed E-state index contributed by atoms with van der Waals surface area (Å²) in [5.41, 5.74) is -1.17. The lowest BCUT2D eigenvalue weighted by atomic mass is 9.62. The highest BCUT2D eigenvalue weighted by Gasteiger charge is 2.54. The molecule has 7 nitrogen and oxygen atoms in total. The van der Waals surface area contributed by atoms with E-state index in [1.807, 2.05) is 38.2 Å². The van der Waals surface area contributed by atoms with Crippen molar-refractivity contribution >= 4 is 40.7 Å². The predicted octanol–water partition coefficient (Wildman–Crippen LogP) is 5.00. The van der Waals surface area contributed by atoms with Gasteiger partial charge >= 0.3 is 5.97 Å². The van der Waals surface area contributed by atoms with E-state index in [4.69, 9.17) is 37.8 Å². The summed E-state index contributed by atoms with van der Waals surface area (Å²) >= 11 is 13.1. The van der Waals surface area contributed by atoms with Gasteiger partial charge in [0.25, 0.3) is 0 Å². The zero-order valence-electron chi connectivity index (χ0n) is 23.6. The smallest absolute Gasteiger partial charge is 0.316 e. The number of halogens is 2. The predicted molar refractivity (Wildman–Crippen MR) is 152 cm³/mol. The molecular formula is C30H44Cl2O7. The minimum atomic E-state index is -2.44. The molecule has 0 fully saturated rings. The van der Waals surface area contributed by atoms with E-state index in [2.05, 4.69) is 0 Å². The molecule has 1 heterocycles. The Labute approximate surface area is 242 Å². The number of rotatable bonds is 9. The number of ether oxygens (including phenoxy) is 2. The van der Waals surface area contributed by atoms with E-state index >= 15 is 0 Å². The minimum absolute atomic E-state index is 0.0928. The third-order valence-corrected chi connectivity index (χ3v) is 8.49. The first-order chi connectivity index (χ1) is 18.3. The Morgan fingerprint density at radius 2 is 1.69 bits per heavy atom. The fourth-order valence-corrected chi connectivity index (χ4v) is 6.11. The molecule has 2 rings (SSSR count). The molecule has 220 valence electrons. The third-order valence-electron chi connectivity index (χ3n) is 7.75. The molecule has 0 bridgehead atoms. The summed E-state index contributed by atoms with van der Waals surface area (Å²) in [6.07, 6.45) is 13.0. The number of aliphatic hydroxyl groups is 2. The Morgan fingerprint density at radius 3 is 2.33 bits per heavy atom. The summed E-state index contributed by atoms with van der Waals surface area (Å²) in [5.74, 6) is -5.24. The summed E-state index contributed by atoms with van der Waals surface area (Å²) in [6, 6.07) is 0. The molecule has 0 aromatic heterocycles. The molecular weight excluding hydrogens is 543 g/mol. The van der Waals surface area contributed by atoms with Crippen LogP contribution in [0.4, 0.5) is 0 Å². The molecule has 0 aromatic rings. The third kappa shape index (κ3) is 8.99. The maximum Gasteiger partial charge on any atom is 0.316 e. The topological polar surface area (TPSA) is 110 Å². The molecule has 0 amide bonds.